The standard InChI is InChI=1S/C16H12ClFN2O3/c17-11-7-10(5-6-12(11)18)19-15(21)8-20-9-16(22)23-14-4-2-1-3-13(14)20/h1-7H,8-9H2,(H,19,21). The Hall–Kier alpha value is -2.60. The van der Waals surface area contributed by atoms with Crippen molar-refractivity contribution in [2.45, 2.75) is 0 Å². The molecule has 7 heteroatoms. The first-order valence-corrected chi connectivity index (χ1v) is 7.20. The second kappa shape index (κ2) is 6.26. The number of rotatable bonds is 3. The van der Waals surface area contributed by atoms with E-state index in [1.54, 1.807) is 29.2 Å². The smallest absolute Gasteiger partial charge is 0.331 e. The number of carbonyl (C=O) groups excluding carboxylic acids is 2. The number of ether oxygens (including phenoxy) is 1. The number of hydrogen-bond donors (Lipinski definition) is 1. The summed E-state index contributed by atoms with van der Waals surface area (Å²) in [5.74, 6) is -0.919. The molecular formula is C16H12ClFN2O3. The average Bonchev–Trinajstić information content (AvgIpc) is 2.51. The highest BCUT2D eigenvalue weighted by molar-refractivity contribution is 6.31. The molecule has 1 aliphatic rings. The second-order valence-corrected chi connectivity index (χ2v) is 5.38. The van der Waals surface area contributed by atoms with Gasteiger partial charge in [-0.2, -0.15) is 0 Å². The van der Waals surface area contributed by atoms with Crippen LogP contribution in [0, 0.1) is 5.82 Å². The van der Waals surface area contributed by atoms with E-state index in [0.29, 0.717) is 17.1 Å². The Morgan fingerprint density at radius 2 is 2.09 bits per heavy atom. The summed E-state index contributed by atoms with van der Waals surface area (Å²) in [4.78, 5) is 25.4. The summed E-state index contributed by atoms with van der Waals surface area (Å²) in [5.41, 5.74) is 1.05. The first-order chi connectivity index (χ1) is 11.0. The molecule has 1 heterocycles. The molecule has 0 spiro atoms. The van der Waals surface area contributed by atoms with Crippen LogP contribution in [-0.4, -0.2) is 25.0 Å². The fourth-order valence-corrected chi connectivity index (χ4v) is 2.47. The van der Waals surface area contributed by atoms with Gasteiger partial charge >= 0.3 is 5.97 Å². The average molecular weight is 335 g/mol. The number of carbonyl (C=O) groups is 2. The normalized spacial score (nSPS) is 13.3. The van der Waals surface area contributed by atoms with Crippen LogP contribution in [0.15, 0.2) is 42.5 Å². The quantitative estimate of drug-likeness (QED) is 0.692. The Bertz CT molecular complexity index is 782. The van der Waals surface area contributed by atoms with Crippen molar-refractivity contribution in [3.8, 4) is 5.75 Å². The van der Waals surface area contributed by atoms with Gasteiger partial charge in [0.2, 0.25) is 5.91 Å². The molecule has 2 aromatic carbocycles. The third kappa shape index (κ3) is 3.43. The van der Waals surface area contributed by atoms with Crippen LogP contribution < -0.4 is 15.0 Å². The zero-order valence-electron chi connectivity index (χ0n) is 11.9. The Morgan fingerprint density at radius 1 is 1.30 bits per heavy atom. The van der Waals surface area contributed by atoms with Gasteiger partial charge in [0.05, 0.1) is 17.3 Å². The van der Waals surface area contributed by atoms with Crippen LogP contribution in [0.25, 0.3) is 0 Å². The maximum absolute atomic E-state index is 13.1. The van der Waals surface area contributed by atoms with E-state index < -0.39 is 11.8 Å². The zero-order chi connectivity index (χ0) is 16.4. The van der Waals surface area contributed by atoms with Crippen LogP contribution in [-0.2, 0) is 9.59 Å². The minimum absolute atomic E-state index is 0.0192. The lowest BCUT2D eigenvalue weighted by atomic mass is 10.2. The molecular weight excluding hydrogens is 323 g/mol. The lowest BCUT2D eigenvalue weighted by Crippen LogP contribution is -2.41. The highest BCUT2D eigenvalue weighted by Crippen LogP contribution is 2.31. The van der Waals surface area contributed by atoms with Gasteiger partial charge < -0.3 is 15.0 Å². The maximum atomic E-state index is 13.1. The van der Waals surface area contributed by atoms with Gasteiger partial charge in [0.15, 0.2) is 5.75 Å². The van der Waals surface area contributed by atoms with Crippen molar-refractivity contribution in [2.24, 2.45) is 0 Å². The number of nitrogens with zero attached hydrogens (tertiary/aromatic N) is 1. The van der Waals surface area contributed by atoms with Gasteiger partial charge in [0.1, 0.15) is 12.4 Å². The number of anilines is 2. The summed E-state index contributed by atoms with van der Waals surface area (Å²) in [6.45, 7) is -0.0598. The summed E-state index contributed by atoms with van der Waals surface area (Å²) in [6, 6.07) is 10.9. The van der Waals surface area contributed by atoms with E-state index in [4.69, 9.17) is 16.3 Å². The first-order valence-electron chi connectivity index (χ1n) is 6.82. The molecule has 0 aromatic heterocycles. The number of fused-ring (bicyclic) bond motifs is 1. The number of para-hydroxylation sites is 2. The van der Waals surface area contributed by atoms with E-state index in [9.17, 15) is 14.0 Å². The van der Waals surface area contributed by atoms with Crippen LogP contribution >= 0.6 is 11.6 Å². The lowest BCUT2D eigenvalue weighted by Gasteiger charge is -2.29. The molecule has 0 radical (unpaired) electrons. The molecule has 0 unspecified atom stereocenters. The van der Waals surface area contributed by atoms with Crippen LogP contribution in [0.4, 0.5) is 15.8 Å². The Morgan fingerprint density at radius 3 is 2.87 bits per heavy atom. The van der Waals surface area contributed by atoms with E-state index in [-0.39, 0.29) is 24.0 Å². The molecule has 2 aromatic rings. The molecule has 0 atom stereocenters. The molecule has 5 nitrogen and oxygen atoms in total. The number of halogens is 2. The number of amides is 1. The van der Waals surface area contributed by atoms with E-state index in [0.717, 1.165) is 0 Å². The van der Waals surface area contributed by atoms with Gasteiger partial charge in [-0.25, -0.2) is 9.18 Å². The predicted molar refractivity (Wildman–Crippen MR) is 84.3 cm³/mol. The molecule has 0 fully saturated rings. The first kappa shape index (κ1) is 15.3. The van der Waals surface area contributed by atoms with Crippen molar-refractivity contribution in [1.82, 2.24) is 0 Å². The predicted octanol–water partition coefficient (Wildman–Crippen LogP) is 2.84. The zero-order valence-corrected chi connectivity index (χ0v) is 12.6. The molecule has 0 aliphatic carbocycles. The van der Waals surface area contributed by atoms with Crippen LogP contribution in [0.3, 0.4) is 0 Å². The molecule has 0 bridgehead atoms. The number of nitrogens with one attached hydrogen (secondary N) is 1. The van der Waals surface area contributed by atoms with E-state index in [1.807, 2.05) is 0 Å². The molecule has 1 amide bonds. The number of hydrogen-bond acceptors (Lipinski definition) is 4. The van der Waals surface area contributed by atoms with Crippen molar-refractivity contribution >= 4 is 34.9 Å². The monoisotopic (exact) mass is 334 g/mol. The van der Waals surface area contributed by atoms with Crippen LogP contribution in [0.5, 0.6) is 5.75 Å². The second-order valence-electron chi connectivity index (χ2n) is 4.97. The van der Waals surface area contributed by atoms with Crippen LogP contribution in [0.1, 0.15) is 0 Å². The maximum Gasteiger partial charge on any atom is 0.331 e. The third-order valence-corrected chi connectivity index (χ3v) is 3.58. The van der Waals surface area contributed by atoms with Crippen LogP contribution in [0.2, 0.25) is 5.02 Å². The minimum Gasteiger partial charge on any atom is -0.423 e. The highest BCUT2D eigenvalue weighted by Gasteiger charge is 2.25. The number of benzene rings is 2. The molecule has 118 valence electrons. The van der Waals surface area contributed by atoms with Gasteiger partial charge in [-0.15, -0.1) is 0 Å². The van der Waals surface area contributed by atoms with E-state index in [1.165, 1.54) is 18.2 Å². The lowest BCUT2D eigenvalue weighted by molar-refractivity contribution is -0.133. The summed E-state index contributed by atoms with van der Waals surface area (Å²) < 4.78 is 18.2. The largest absolute Gasteiger partial charge is 0.423 e. The summed E-state index contributed by atoms with van der Waals surface area (Å²) in [7, 11) is 0. The minimum atomic E-state index is -0.558. The Kier molecular flexibility index (Phi) is 4.16. The van der Waals surface area contributed by atoms with E-state index >= 15 is 0 Å². The van der Waals surface area contributed by atoms with Gasteiger partial charge in [0.25, 0.3) is 0 Å². The van der Waals surface area contributed by atoms with Crippen molar-refractivity contribution < 1.29 is 18.7 Å². The highest BCUT2D eigenvalue weighted by atomic mass is 35.5. The summed E-state index contributed by atoms with van der Waals surface area (Å²) in [5, 5.41) is 2.54. The van der Waals surface area contributed by atoms with Crippen molar-refractivity contribution in [3.63, 3.8) is 0 Å². The molecule has 1 N–H and O–H groups in total. The SMILES string of the molecule is O=C(CN1CC(=O)Oc2ccccc21)Nc1ccc(F)c(Cl)c1. The van der Waals surface area contributed by atoms with Gasteiger partial charge in [0, 0.05) is 5.69 Å². The Labute approximate surface area is 136 Å². The van der Waals surface area contributed by atoms with Gasteiger partial charge in [-0.3, -0.25) is 4.79 Å². The molecule has 0 saturated carbocycles. The third-order valence-electron chi connectivity index (χ3n) is 3.29. The van der Waals surface area contributed by atoms with Gasteiger partial charge in [-0.05, 0) is 30.3 Å². The summed E-state index contributed by atoms with van der Waals surface area (Å²) in [6.07, 6.45) is 0. The van der Waals surface area contributed by atoms with Crippen molar-refractivity contribution in [3.05, 3.63) is 53.3 Å². The van der Waals surface area contributed by atoms with Crippen molar-refractivity contribution in [1.29, 1.82) is 0 Å². The fourth-order valence-electron chi connectivity index (χ4n) is 2.29. The van der Waals surface area contributed by atoms with Gasteiger partial charge in [-0.1, -0.05) is 23.7 Å². The molecule has 3 rings (SSSR count). The van der Waals surface area contributed by atoms with Crippen molar-refractivity contribution in [2.75, 3.05) is 23.3 Å². The topological polar surface area (TPSA) is 58.6 Å². The fraction of sp³-hybridized carbons (Fsp3) is 0.125. The molecule has 0 saturated heterocycles. The Balaban J connectivity index is 1.73. The molecule has 1 aliphatic heterocycles. The van der Waals surface area contributed by atoms with E-state index in [2.05, 4.69) is 5.32 Å². The number of esters is 1. The molecule has 23 heavy (non-hydrogen) atoms. The summed E-state index contributed by atoms with van der Waals surface area (Å²) >= 11 is 5.68.